The number of nitrogens with two attached hydrogens (primary N) is 1. The van der Waals surface area contributed by atoms with Gasteiger partial charge in [-0.2, -0.15) is 16.9 Å². The van der Waals surface area contributed by atoms with Crippen LogP contribution in [-0.4, -0.2) is 32.7 Å². The van der Waals surface area contributed by atoms with Crippen molar-refractivity contribution in [1.82, 2.24) is 9.78 Å². The van der Waals surface area contributed by atoms with Crippen LogP contribution in [0.25, 0.3) is 0 Å². The zero-order valence-corrected chi connectivity index (χ0v) is 8.70. The van der Waals surface area contributed by atoms with E-state index in [4.69, 9.17) is 10.8 Å². The van der Waals surface area contributed by atoms with Crippen molar-refractivity contribution < 1.29 is 9.90 Å². The quantitative estimate of drug-likeness (QED) is 0.726. The normalized spacial score (nSPS) is 12.7. The van der Waals surface area contributed by atoms with Gasteiger partial charge in [-0.05, 0) is 5.56 Å². The largest absolute Gasteiger partial charge is 0.480 e. The van der Waals surface area contributed by atoms with Crippen molar-refractivity contribution >= 4 is 17.7 Å². The minimum atomic E-state index is -0.955. The highest BCUT2D eigenvalue weighted by atomic mass is 32.2. The van der Waals surface area contributed by atoms with Crippen LogP contribution < -0.4 is 5.73 Å². The molecule has 14 heavy (non-hydrogen) atoms. The van der Waals surface area contributed by atoms with Gasteiger partial charge >= 0.3 is 5.97 Å². The van der Waals surface area contributed by atoms with E-state index in [9.17, 15) is 4.79 Å². The maximum absolute atomic E-state index is 10.4. The number of carboxylic acids is 1. The summed E-state index contributed by atoms with van der Waals surface area (Å²) >= 11 is 1.50. The van der Waals surface area contributed by atoms with Crippen LogP contribution in [0.15, 0.2) is 12.4 Å². The number of carboxylic acid groups (broad SMARTS) is 1. The molecule has 0 aromatic carbocycles. The summed E-state index contributed by atoms with van der Waals surface area (Å²) in [6, 6.07) is -0.781. The number of rotatable bonds is 5. The number of aryl methyl sites for hydroxylation is 1. The fourth-order valence-electron chi connectivity index (χ4n) is 0.921. The van der Waals surface area contributed by atoms with Crippen LogP contribution in [-0.2, 0) is 17.6 Å². The fourth-order valence-corrected chi connectivity index (χ4v) is 1.82. The standard InChI is InChI=1S/C8H13N3O2S/c1-11-3-6(2-10-11)4-14-5-7(9)8(12)13/h2-3,7H,4-5,9H2,1H3,(H,12,13). The highest BCUT2D eigenvalue weighted by molar-refractivity contribution is 7.98. The van der Waals surface area contributed by atoms with Crippen LogP contribution in [0.3, 0.4) is 0 Å². The van der Waals surface area contributed by atoms with Gasteiger partial charge in [-0.25, -0.2) is 0 Å². The van der Waals surface area contributed by atoms with E-state index in [1.54, 1.807) is 10.9 Å². The molecule has 0 aliphatic rings. The first-order chi connectivity index (χ1) is 6.59. The van der Waals surface area contributed by atoms with Gasteiger partial charge in [0.25, 0.3) is 0 Å². The Morgan fingerprint density at radius 1 is 1.86 bits per heavy atom. The molecular weight excluding hydrogens is 202 g/mol. The molecule has 0 amide bonds. The van der Waals surface area contributed by atoms with Crippen LogP contribution in [0.4, 0.5) is 0 Å². The lowest BCUT2D eigenvalue weighted by Gasteiger charge is -2.04. The molecule has 1 unspecified atom stereocenters. The molecule has 0 saturated carbocycles. The van der Waals surface area contributed by atoms with Crippen molar-refractivity contribution in [2.75, 3.05) is 5.75 Å². The molecule has 6 heteroatoms. The molecule has 1 heterocycles. The zero-order valence-electron chi connectivity index (χ0n) is 7.88. The molecule has 0 aliphatic carbocycles. The number of thioether (sulfide) groups is 1. The Morgan fingerprint density at radius 2 is 2.57 bits per heavy atom. The van der Waals surface area contributed by atoms with E-state index in [1.807, 2.05) is 13.2 Å². The number of aromatic nitrogens is 2. The first kappa shape index (κ1) is 11.1. The summed E-state index contributed by atoms with van der Waals surface area (Å²) in [5, 5.41) is 12.5. The van der Waals surface area contributed by atoms with E-state index in [2.05, 4.69) is 5.10 Å². The third-order valence-electron chi connectivity index (χ3n) is 1.64. The molecule has 0 aliphatic heterocycles. The second-order valence-corrected chi connectivity index (χ2v) is 4.01. The minimum Gasteiger partial charge on any atom is -0.480 e. The Labute approximate surface area is 86.3 Å². The molecule has 0 spiro atoms. The lowest BCUT2D eigenvalue weighted by atomic mass is 10.4. The van der Waals surface area contributed by atoms with E-state index in [0.717, 1.165) is 11.3 Å². The monoisotopic (exact) mass is 215 g/mol. The van der Waals surface area contributed by atoms with Gasteiger partial charge in [-0.15, -0.1) is 0 Å². The molecule has 0 radical (unpaired) electrons. The van der Waals surface area contributed by atoms with Crippen LogP contribution in [0, 0.1) is 0 Å². The lowest BCUT2D eigenvalue weighted by molar-refractivity contribution is -0.137. The Hall–Kier alpha value is -1.01. The third-order valence-corrected chi connectivity index (χ3v) is 2.77. The smallest absolute Gasteiger partial charge is 0.321 e. The maximum atomic E-state index is 10.4. The summed E-state index contributed by atoms with van der Waals surface area (Å²) in [6.07, 6.45) is 3.67. The molecule has 5 nitrogen and oxygen atoms in total. The summed E-state index contributed by atoms with van der Waals surface area (Å²) < 4.78 is 1.72. The van der Waals surface area contributed by atoms with Crippen molar-refractivity contribution in [3.63, 3.8) is 0 Å². The molecule has 1 aromatic heterocycles. The second kappa shape index (κ2) is 5.02. The molecule has 0 bridgehead atoms. The average molecular weight is 215 g/mol. The Morgan fingerprint density at radius 3 is 3.07 bits per heavy atom. The molecule has 0 fully saturated rings. The van der Waals surface area contributed by atoms with Gasteiger partial charge in [0, 0.05) is 24.8 Å². The Kier molecular flexibility index (Phi) is 3.97. The zero-order chi connectivity index (χ0) is 10.6. The van der Waals surface area contributed by atoms with Crippen molar-refractivity contribution in [1.29, 1.82) is 0 Å². The number of aliphatic carboxylic acids is 1. The van der Waals surface area contributed by atoms with Gasteiger partial charge in [-0.3, -0.25) is 9.48 Å². The van der Waals surface area contributed by atoms with Crippen LogP contribution in [0.2, 0.25) is 0 Å². The van der Waals surface area contributed by atoms with Gasteiger partial charge in [0.05, 0.1) is 6.20 Å². The van der Waals surface area contributed by atoms with Crippen molar-refractivity contribution in [3.8, 4) is 0 Å². The van der Waals surface area contributed by atoms with Crippen molar-refractivity contribution in [2.24, 2.45) is 12.8 Å². The van der Waals surface area contributed by atoms with Crippen molar-refractivity contribution in [2.45, 2.75) is 11.8 Å². The summed E-state index contributed by atoms with van der Waals surface area (Å²) in [4.78, 5) is 10.4. The lowest BCUT2D eigenvalue weighted by Crippen LogP contribution is -2.32. The average Bonchev–Trinajstić information content (AvgIpc) is 2.51. The summed E-state index contributed by atoms with van der Waals surface area (Å²) in [7, 11) is 1.84. The first-order valence-electron chi connectivity index (χ1n) is 4.13. The molecule has 0 saturated heterocycles. The predicted octanol–water partition coefficient (Wildman–Crippen LogP) is 0.0652. The van der Waals surface area contributed by atoms with Crippen molar-refractivity contribution in [3.05, 3.63) is 18.0 Å². The maximum Gasteiger partial charge on any atom is 0.321 e. The Balaban J connectivity index is 2.25. The SMILES string of the molecule is Cn1cc(CSCC(N)C(=O)O)cn1. The summed E-state index contributed by atoms with van der Waals surface area (Å²) in [6.45, 7) is 0. The van der Waals surface area contributed by atoms with E-state index in [-0.39, 0.29) is 0 Å². The fraction of sp³-hybridized carbons (Fsp3) is 0.500. The molecule has 3 N–H and O–H groups in total. The highest BCUT2D eigenvalue weighted by Gasteiger charge is 2.10. The first-order valence-corrected chi connectivity index (χ1v) is 5.28. The third kappa shape index (κ3) is 3.39. The van der Waals surface area contributed by atoms with Gasteiger partial charge in [0.1, 0.15) is 6.04 Å². The van der Waals surface area contributed by atoms with Gasteiger partial charge in [0.2, 0.25) is 0 Å². The summed E-state index contributed by atoms with van der Waals surface area (Å²) in [5.74, 6) is 0.211. The van der Waals surface area contributed by atoms with Gasteiger partial charge < -0.3 is 10.8 Å². The van der Waals surface area contributed by atoms with Crippen LogP contribution >= 0.6 is 11.8 Å². The van der Waals surface area contributed by atoms with Gasteiger partial charge in [0.15, 0.2) is 0 Å². The minimum absolute atomic E-state index is 0.421. The molecule has 1 aromatic rings. The number of carbonyl (C=O) groups is 1. The van der Waals surface area contributed by atoms with E-state index in [0.29, 0.717) is 5.75 Å². The molecule has 78 valence electrons. The second-order valence-electron chi connectivity index (χ2n) is 2.98. The number of nitrogens with zero attached hydrogens (tertiary/aromatic N) is 2. The molecular formula is C8H13N3O2S. The van der Waals surface area contributed by atoms with Crippen LogP contribution in [0.5, 0.6) is 0 Å². The molecule has 1 atom stereocenters. The van der Waals surface area contributed by atoms with Gasteiger partial charge in [-0.1, -0.05) is 0 Å². The number of hydrogen-bond donors (Lipinski definition) is 2. The van der Waals surface area contributed by atoms with E-state index < -0.39 is 12.0 Å². The highest BCUT2D eigenvalue weighted by Crippen LogP contribution is 2.11. The van der Waals surface area contributed by atoms with Crippen LogP contribution in [0.1, 0.15) is 5.56 Å². The molecule has 1 rings (SSSR count). The summed E-state index contributed by atoms with van der Waals surface area (Å²) in [5.41, 5.74) is 6.42. The topological polar surface area (TPSA) is 81.1 Å². The van der Waals surface area contributed by atoms with E-state index in [1.165, 1.54) is 11.8 Å². The Bertz CT molecular complexity index is 313. The predicted molar refractivity (Wildman–Crippen MR) is 55.0 cm³/mol. The number of hydrogen-bond acceptors (Lipinski definition) is 4. The van der Waals surface area contributed by atoms with E-state index >= 15 is 0 Å².